The Hall–Kier alpha value is -1.18. The van der Waals surface area contributed by atoms with Crippen LogP contribution in [0.25, 0.3) is 0 Å². The molecule has 0 radical (unpaired) electrons. The number of primary amides is 1. The fraction of sp³-hybridized carbons (Fsp3) is 0.667. The molecule has 0 unspecified atom stereocenters. The molecule has 4 N–H and O–H groups in total. The molecule has 0 aliphatic carbocycles. The van der Waals surface area contributed by atoms with Gasteiger partial charge >= 0.3 is 0 Å². The smallest absolute Gasteiger partial charge is 0.237 e. The van der Waals surface area contributed by atoms with E-state index in [0.717, 1.165) is 32.7 Å². The molecular weight excluding hydrogens is 262 g/mol. The van der Waals surface area contributed by atoms with Crippen LogP contribution in [0.5, 0.6) is 0 Å². The molecule has 0 aromatic carbocycles. The molecule has 1 amide bonds. The average Bonchev–Trinajstić information content (AvgIpc) is 2.75. The Balaban J connectivity index is 1.87. The molecule has 106 valence electrons. The van der Waals surface area contributed by atoms with E-state index in [4.69, 9.17) is 11.5 Å². The van der Waals surface area contributed by atoms with Crippen LogP contribution < -0.4 is 11.5 Å². The first-order chi connectivity index (χ1) is 8.89. The minimum absolute atomic E-state index is 0.267. The molecule has 1 aliphatic heterocycles. The summed E-state index contributed by atoms with van der Waals surface area (Å²) in [7, 11) is 0. The van der Waals surface area contributed by atoms with Crippen molar-refractivity contribution in [3.63, 3.8) is 0 Å². The molecule has 1 fully saturated rings. The molecule has 7 heteroatoms. The second-order valence-electron chi connectivity index (χ2n) is 5.35. The zero-order chi connectivity index (χ0) is 14.0. The van der Waals surface area contributed by atoms with E-state index in [1.54, 1.807) is 0 Å². The molecular formula is C12H21N5OS. The highest BCUT2D eigenvalue weighted by atomic mass is 32.1. The maximum Gasteiger partial charge on any atom is 0.237 e. The van der Waals surface area contributed by atoms with Crippen molar-refractivity contribution < 1.29 is 4.79 Å². The third-order valence-corrected chi connectivity index (χ3v) is 4.53. The van der Waals surface area contributed by atoms with Crippen molar-refractivity contribution in [3.8, 4) is 0 Å². The molecule has 1 aliphatic rings. The minimum atomic E-state index is -0.568. The first-order valence-electron chi connectivity index (χ1n) is 6.37. The van der Waals surface area contributed by atoms with E-state index in [1.807, 2.05) is 20.0 Å². The van der Waals surface area contributed by atoms with Crippen molar-refractivity contribution in [2.24, 2.45) is 5.73 Å². The number of nitrogen functional groups attached to an aromatic ring is 1. The number of piperazine rings is 1. The van der Waals surface area contributed by atoms with Gasteiger partial charge in [0.2, 0.25) is 5.91 Å². The summed E-state index contributed by atoms with van der Waals surface area (Å²) in [6, 6.07) is 0. The predicted octanol–water partition coefficient (Wildman–Crippen LogP) is 0.107. The van der Waals surface area contributed by atoms with Crippen molar-refractivity contribution in [1.82, 2.24) is 14.8 Å². The number of anilines is 1. The van der Waals surface area contributed by atoms with Gasteiger partial charge in [0.05, 0.1) is 5.54 Å². The molecule has 0 atom stereocenters. The van der Waals surface area contributed by atoms with E-state index in [1.165, 1.54) is 16.2 Å². The number of nitrogens with two attached hydrogens (primary N) is 2. The monoisotopic (exact) mass is 283 g/mol. The standard InChI is InChI=1S/C12H21N5OS/c1-12(2,10(13)18)17-5-3-16(4-6-17)8-9-7-15-11(14)19-9/h7H,3-6,8H2,1-2H3,(H2,13,18)(H2,14,15). The summed E-state index contributed by atoms with van der Waals surface area (Å²) < 4.78 is 0. The molecule has 1 aromatic rings. The van der Waals surface area contributed by atoms with Gasteiger partial charge in [-0.3, -0.25) is 14.6 Å². The number of thiazole rings is 1. The molecule has 0 saturated carbocycles. The van der Waals surface area contributed by atoms with Crippen LogP contribution in [0, 0.1) is 0 Å². The molecule has 19 heavy (non-hydrogen) atoms. The molecule has 1 saturated heterocycles. The maximum absolute atomic E-state index is 11.4. The zero-order valence-corrected chi connectivity index (χ0v) is 12.2. The van der Waals surface area contributed by atoms with Crippen molar-refractivity contribution >= 4 is 22.4 Å². The topological polar surface area (TPSA) is 88.5 Å². The third kappa shape index (κ3) is 3.23. The first kappa shape index (κ1) is 14.2. The SMILES string of the molecule is CC(C)(C(N)=O)N1CCN(Cc2cnc(N)s2)CC1. The van der Waals surface area contributed by atoms with Crippen molar-refractivity contribution in [2.45, 2.75) is 25.9 Å². The van der Waals surface area contributed by atoms with Crippen LogP contribution in [0.4, 0.5) is 5.13 Å². The van der Waals surface area contributed by atoms with Gasteiger partial charge in [0.15, 0.2) is 5.13 Å². The average molecular weight is 283 g/mol. The summed E-state index contributed by atoms with van der Waals surface area (Å²) in [5.74, 6) is -0.267. The number of amides is 1. The van der Waals surface area contributed by atoms with Crippen LogP contribution in [0.1, 0.15) is 18.7 Å². The van der Waals surface area contributed by atoms with Gasteiger partial charge in [0.25, 0.3) is 0 Å². The summed E-state index contributed by atoms with van der Waals surface area (Å²) in [5.41, 5.74) is 10.5. The molecule has 2 rings (SSSR count). The molecule has 1 aromatic heterocycles. The lowest BCUT2D eigenvalue weighted by Crippen LogP contribution is -2.59. The Labute approximate surface area is 117 Å². The van der Waals surface area contributed by atoms with Gasteiger partial charge in [0, 0.05) is 43.8 Å². The van der Waals surface area contributed by atoms with Crippen molar-refractivity contribution in [1.29, 1.82) is 0 Å². The van der Waals surface area contributed by atoms with Crippen molar-refractivity contribution in [3.05, 3.63) is 11.1 Å². The second-order valence-corrected chi connectivity index (χ2v) is 6.50. The summed E-state index contributed by atoms with van der Waals surface area (Å²) in [4.78, 5) is 21.2. The highest BCUT2D eigenvalue weighted by Crippen LogP contribution is 2.20. The molecule has 6 nitrogen and oxygen atoms in total. The van der Waals surface area contributed by atoms with Crippen LogP contribution >= 0.6 is 11.3 Å². The number of hydrogen-bond acceptors (Lipinski definition) is 6. The normalized spacial score (nSPS) is 18.6. The lowest BCUT2D eigenvalue weighted by molar-refractivity contribution is -0.129. The van der Waals surface area contributed by atoms with E-state index in [2.05, 4.69) is 14.8 Å². The Morgan fingerprint density at radius 1 is 1.42 bits per heavy atom. The number of hydrogen-bond donors (Lipinski definition) is 2. The number of carbonyl (C=O) groups is 1. The summed E-state index contributed by atoms with van der Waals surface area (Å²) in [6.45, 7) is 8.20. The minimum Gasteiger partial charge on any atom is -0.375 e. The van der Waals surface area contributed by atoms with Crippen LogP contribution in [-0.4, -0.2) is 52.4 Å². The van der Waals surface area contributed by atoms with Crippen LogP contribution in [0.15, 0.2) is 6.20 Å². The number of nitrogens with zero attached hydrogens (tertiary/aromatic N) is 3. The van der Waals surface area contributed by atoms with Crippen molar-refractivity contribution in [2.75, 3.05) is 31.9 Å². The van der Waals surface area contributed by atoms with Crippen LogP contribution in [0.3, 0.4) is 0 Å². The number of aromatic nitrogens is 1. The van der Waals surface area contributed by atoms with Gasteiger partial charge in [-0.05, 0) is 13.8 Å². The van der Waals surface area contributed by atoms with Gasteiger partial charge in [-0.2, -0.15) is 0 Å². The zero-order valence-electron chi connectivity index (χ0n) is 11.4. The van der Waals surface area contributed by atoms with Gasteiger partial charge < -0.3 is 11.5 Å². The Morgan fingerprint density at radius 3 is 2.53 bits per heavy atom. The second kappa shape index (κ2) is 5.44. The van der Waals surface area contributed by atoms with Gasteiger partial charge in [-0.25, -0.2) is 4.98 Å². The lowest BCUT2D eigenvalue weighted by Gasteiger charge is -2.42. The van der Waals surface area contributed by atoms with Gasteiger partial charge in [0.1, 0.15) is 0 Å². The third-order valence-electron chi connectivity index (χ3n) is 3.72. The molecule has 0 spiro atoms. The van der Waals surface area contributed by atoms with E-state index in [-0.39, 0.29) is 5.91 Å². The van der Waals surface area contributed by atoms with E-state index < -0.39 is 5.54 Å². The van der Waals surface area contributed by atoms with E-state index in [0.29, 0.717) is 5.13 Å². The van der Waals surface area contributed by atoms with Gasteiger partial charge in [-0.1, -0.05) is 0 Å². The summed E-state index contributed by atoms with van der Waals surface area (Å²) in [5, 5.41) is 0.614. The van der Waals surface area contributed by atoms with E-state index >= 15 is 0 Å². The van der Waals surface area contributed by atoms with Crippen LogP contribution in [0.2, 0.25) is 0 Å². The fourth-order valence-corrected chi connectivity index (χ4v) is 2.96. The molecule has 2 heterocycles. The Morgan fingerprint density at radius 2 is 2.05 bits per heavy atom. The molecule has 0 bridgehead atoms. The Bertz CT molecular complexity index is 451. The number of carbonyl (C=O) groups excluding carboxylic acids is 1. The highest BCUT2D eigenvalue weighted by molar-refractivity contribution is 7.15. The fourth-order valence-electron chi connectivity index (χ4n) is 2.24. The first-order valence-corrected chi connectivity index (χ1v) is 7.18. The largest absolute Gasteiger partial charge is 0.375 e. The predicted molar refractivity (Wildman–Crippen MR) is 76.6 cm³/mol. The Kier molecular flexibility index (Phi) is 4.07. The summed E-state index contributed by atoms with van der Waals surface area (Å²) in [6.07, 6.45) is 1.83. The summed E-state index contributed by atoms with van der Waals surface area (Å²) >= 11 is 1.53. The lowest BCUT2D eigenvalue weighted by atomic mass is 10.0. The van der Waals surface area contributed by atoms with Crippen LogP contribution in [-0.2, 0) is 11.3 Å². The quantitative estimate of drug-likeness (QED) is 0.818. The number of rotatable bonds is 4. The van der Waals surface area contributed by atoms with E-state index in [9.17, 15) is 4.79 Å². The maximum atomic E-state index is 11.4. The highest BCUT2D eigenvalue weighted by Gasteiger charge is 2.34. The van der Waals surface area contributed by atoms with Gasteiger partial charge in [-0.15, -0.1) is 11.3 Å².